The number of rotatable bonds is 3. The minimum atomic E-state index is -0.0742. The number of halogens is 1. The molecule has 0 N–H and O–H groups in total. The zero-order chi connectivity index (χ0) is 9.97. The molecule has 1 fully saturated rings. The monoisotopic (exact) mass is 212 g/mol. The lowest BCUT2D eigenvalue weighted by Gasteiger charge is -2.16. The van der Waals surface area contributed by atoms with Crippen LogP contribution in [0.2, 0.25) is 6.32 Å². The summed E-state index contributed by atoms with van der Waals surface area (Å²) in [4.78, 5) is 0. The van der Waals surface area contributed by atoms with E-state index in [4.69, 9.17) is 20.9 Å². The molecule has 4 heteroatoms. The molecule has 2 atom stereocenters. The zero-order valence-electron chi connectivity index (χ0n) is 8.28. The number of hydrogen-bond donors (Lipinski definition) is 0. The van der Waals surface area contributed by atoms with Gasteiger partial charge in [-0.1, -0.05) is 43.5 Å². The topological polar surface area (TPSA) is 18.5 Å². The molecule has 0 spiro atoms. The summed E-state index contributed by atoms with van der Waals surface area (Å²) in [6.07, 6.45) is 9.01. The normalized spacial score (nSPS) is 30.4. The van der Waals surface area contributed by atoms with Gasteiger partial charge in [0.15, 0.2) is 0 Å². The first kappa shape index (κ1) is 10.3. The van der Waals surface area contributed by atoms with Crippen molar-refractivity contribution in [1.29, 1.82) is 0 Å². The van der Waals surface area contributed by atoms with Crippen LogP contribution in [0.3, 0.4) is 0 Å². The van der Waals surface area contributed by atoms with E-state index >= 15 is 0 Å². The fourth-order valence-corrected chi connectivity index (χ4v) is 1.99. The van der Waals surface area contributed by atoms with Crippen LogP contribution < -0.4 is 0 Å². The Balaban J connectivity index is 1.93. The van der Waals surface area contributed by atoms with Gasteiger partial charge in [0.1, 0.15) is 6.10 Å². The van der Waals surface area contributed by atoms with Crippen molar-refractivity contribution >= 4 is 18.7 Å². The average molecular weight is 212 g/mol. The predicted molar refractivity (Wildman–Crippen MR) is 58.3 cm³/mol. The summed E-state index contributed by atoms with van der Waals surface area (Å²) in [5, 5.41) is 0.747. The van der Waals surface area contributed by atoms with Crippen LogP contribution in [0.4, 0.5) is 0 Å². The Labute approximate surface area is 90.1 Å². The number of allylic oxidation sites excluding steroid dienone is 2. The Kier molecular flexibility index (Phi) is 3.32. The van der Waals surface area contributed by atoms with Gasteiger partial charge in [0.2, 0.25) is 0 Å². The van der Waals surface area contributed by atoms with Crippen LogP contribution >= 0.6 is 11.6 Å². The summed E-state index contributed by atoms with van der Waals surface area (Å²) in [5.41, 5.74) is 0. The molecule has 2 rings (SSSR count). The lowest BCUT2D eigenvalue weighted by Crippen LogP contribution is -2.22. The van der Waals surface area contributed by atoms with Crippen molar-refractivity contribution < 1.29 is 9.31 Å². The molecule has 1 saturated heterocycles. The highest BCUT2D eigenvalue weighted by Crippen LogP contribution is 2.30. The largest absolute Gasteiger partial charge is 0.457 e. The Hall–Kier alpha value is -0.245. The van der Waals surface area contributed by atoms with Gasteiger partial charge in [0.25, 0.3) is 0 Å². The molecule has 0 aromatic rings. The van der Waals surface area contributed by atoms with Crippen molar-refractivity contribution in [3.05, 3.63) is 23.3 Å². The van der Waals surface area contributed by atoms with E-state index in [-0.39, 0.29) is 19.3 Å². The predicted octanol–water partition coefficient (Wildman–Crippen LogP) is 2.75. The van der Waals surface area contributed by atoms with Gasteiger partial charge < -0.3 is 9.31 Å². The van der Waals surface area contributed by atoms with Crippen LogP contribution in [-0.4, -0.2) is 19.3 Å². The van der Waals surface area contributed by atoms with E-state index in [0.29, 0.717) is 0 Å². The number of hydrogen-bond acceptors (Lipinski definition) is 2. The van der Waals surface area contributed by atoms with E-state index in [1.807, 2.05) is 18.2 Å². The summed E-state index contributed by atoms with van der Waals surface area (Å²) in [7, 11) is -0.0742. The maximum atomic E-state index is 6.02. The smallest absolute Gasteiger partial charge is 0.402 e. The molecule has 0 bridgehead atoms. The first-order chi connectivity index (χ1) is 6.81. The molecule has 1 heterocycles. The molecular weight excluding hydrogens is 198 g/mol. The van der Waals surface area contributed by atoms with Crippen molar-refractivity contribution in [2.24, 2.45) is 0 Å². The molecule has 0 aromatic heterocycles. The summed E-state index contributed by atoms with van der Waals surface area (Å²) < 4.78 is 11.4. The molecule has 14 heavy (non-hydrogen) atoms. The summed E-state index contributed by atoms with van der Waals surface area (Å²) in [5.74, 6) is 0. The van der Waals surface area contributed by atoms with Gasteiger partial charge >= 0.3 is 7.12 Å². The molecule has 0 amide bonds. The third-order valence-electron chi connectivity index (χ3n) is 2.53. The summed E-state index contributed by atoms with van der Waals surface area (Å²) in [6, 6.07) is 0. The van der Waals surface area contributed by atoms with Gasteiger partial charge in [-0.3, -0.25) is 0 Å². The molecule has 2 aliphatic rings. The van der Waals surface area contributed by atoms with Crippen LogP contribution in [0.15, 0.2) is 23.3 Å². The van der Waals surface area contributed by atoms with E-state index < -0.39 is 0 Å². The molecule has 1 aliphatic carbocycles. The lowest BCUT2D eigenvalue weighted by molar-refractivity contribution is 0.229. The zero-order valence-corrected chi connectivity index (χ0v) is 9.04. The SMILES string of the molecule is CCCCB1OC2C=CC=C(Cl)C2O1. The summed E-state index contributed by atoms with van der Waals surface area (Å²) >= 11 is 6.02. The minimum absolute atomic E-state index is 0.0226. The van der Waals surface area contributed by atoms with Crippen LogP contribution in [0.1, 0.15) is 19.8 Å². The van der Waals surface area contributed by atoms with Crippen LogP contribution in [-0.2, 0) is 9.31 Å². The second-order valence-corrected chi connectivity index (χ2v) is 4.10. The van der Waals surface area contributed by atoms with Crippen molar-refractivity contribution in [2.45, 2.75) is 38.3 Å². The van der Waals surface area contributed by atoms with E-state index in [1.54, 1.807) is 0 Å². The molecule has 0 saturated carbocycles. The Bertz CT molecular complexity index is 265. The maximum Gasteiger partial charge on any atom is 0.457 e. The van der Waals surface area contributed by atoms with Crippen LogP contribution in [0.25, 0.3) is 0 Å². The van der Waals surface area contributed by atoms with Crippen LogP contribution in [0, 0.1) is 0 Å². The van der Waals surface area contributed by atoms with E-state index in [2.05, 4.69) is 6.92 Å². The van der Waals surface area contributed by atoms with E-state index in [1.165, 1.54) is 0 Å². The fourth-order valence-electron chi connectivity index (χ4n) is 1.75. The molecule has 0 radical (unpaired) electrons. The molecule has 1 aliphatic heterocycles. The molecular formula is C10H14BClO2. The van der Waals surface area contributed by atoms with E-state index in [0.717, 1.165) is 24.2 Å². The fraction of sp³-hybridized carbons (Fsp3) is 0.600. The standard InChI is InChI=1S/C10H14BClO2/c1-2-3-7-11-13-9-6-4-5-8(12)10(9)14-11/h4-6,9-10H,2-3,7H2,1H3. The van der Waals surface area contributed by atoms with Gasteiger partial charge in [0, 0.05) is 5.03 Å². The molecule has 2 unspecified atom stereocenters. The van der Waals surface area contributed by atoms with Crippen LogP contribution in [0.5, 0.6) is 0 Å². The molecule has 76 valence electrons. The van der Waals surface area contributed by atoms with Crippen molar-refractivity contribution in [2.75, 3.05) is 0 Å². The number of fused-ring (bicyclic) bond motifs is 1. The van der Waals surface area contributed by atoms with Crippen molar-refractivity contribution in [3.8, 4) is 0 Å². The Morgan fingerprint density at radius 3 is 3.07 bits per heavy atom. The highest BCUT2D eigenvalue weighted by Gasteiger charge is 2.39. The third kappa shape index (κ3) is 2.05. The lowest BCUT2D eigenvalue weighted by atomic mass is 9.83. The van der Waals surface area contributed by atoms with E-state index in [9.17, 15) is 0 Å². The van der Waals surface area contributed by atoms with Gasteiger partial charge in [-0.15, -0.1) is 0 Å². The Morgan fingerprint density at radius 1 is 1.50 bits per heavy atom. The highest BCUT2D eigenvalue weighted by molar-refractivity contribution is 6.45. The molecule has 2 nitrogen and oxygen atoms in total. The van der Waals surface area contributed by atoms with Gasteiger partial charge in [-0.2, -0.15) is 0 Å². The van der Waals surface area contributed by atoms with Gasteiger partial charge in [-0.25, -0.2) is 0 Å². The number of unbranched alkanes of at least 4 members (excludes halogenated alkanes) is 1. The van der Waals surface area contributed by atoms with Crippen molar-refractivity contribution in [3.63, 3.8) is 0 Å². The average Bonchev–Trinajstić information content (AvgIpc) is 2.59. The first-order valence-corrected chi connectivity index (χ1v) is 5.54. The molecule has 0 aromatic carbocycles. The van der Waals surface area contributed by atoms with Gasteiger partial charge in [0.05, 0.1) is 6.10 Å². The summed E-state index contributed by atoms with van der Waals surface area (Å²) in [6.45, 7) is 2.16. The third-order valence-corrected chi connectivity index (χ3v) is 2.87. The first-order valence-electron chi connectivity index (χ1n) is 5.16. The van der Waals surface area contributed by atoms with Gasteiger partial charge in [-0.05, 0) is 12.4 Å². The Morgan fingerprint density at radius 2 is 2.36 bits per heavy atom. The second-order valence-electron chi connectivity index (χ2n) is 3.67. The van der Waals surface area contributed by atoms with Crippen molar-refractivity contribution in [1.82, 2.24) is 0 Å². The minimum Gasteiger partial charge on any atom is -0.402 e. The second kappa shape index (κ2) is 4.52. The maximum absolute atomic E-state index is 6.02. The quantitative estimate of drug-likeness (QED) is 0.670. The highest BCUT2D eigenvalue weighted by atomic mass is 35.5.